The molecule has 5 saturated heterocycles. The van der Waals surface area contributed by atoms with E-state index in [4.69, 9.17) is 21.1 Å². The Bertz CT molecular complexity index is 3000. The average molecular weight is 1460 g/mol. The van der Waals surface area contributed by atoms with Crippen molar-refractivity contribution >= 4 is 82.5 Å². The Morgan fingerprint density at radius 1 is 0.657 bits per heavy atom. The molecular weight excluding hydrogens is 1350 g/mol. The maximum Gasteiger partial charge on any atom is 0.393 e. The summed E-state index contributed by atoms with van der Waals surface area (Å²) >= 11 is 6.40. The topological polar surface area (TPSA) is 297 Å². The number of carbonyl (C=O) groups excluding carboxylic acids is 12. The normalized spacial score (nSPS) is 32.2. The fraction of sp³-hybridized carbons (Fsp3) is 0.833. The van der Waals surface area contributed by atoms with Gasteiger partial charge in [0, 0.05) is 60.3 Å². The van der Waals surface area contributed by atoms with E-state index in [-0.39, 0.29) is 122 Å². The van der Waals surface area contributed by atoms with Gasteiger partial charge in [0.2, 0.25) is 70.9 Å². The van der Waals surface area contributed by atoms with E-state index >= 15 is 28.8 Å². The van der Waals surface area contributed by atoms with Crippen LogP contribution < -0.4 is 21.3 Å². The van der Waals surface area contributed by atoms with Crippen LogP contribution in [0.3, 0.4) is 0 Å². The van der Waals surface area contributed by atoms with Crippen LogP contribution in [0.25, 0.3) is 0 Å². The van der Waals surface area contributed by atoms with Gasteiger partial charge in [-0.15, -0.1) is 11.6 Å². The molecule has 12 amide bonds. The number of morpholine rings is 1. The number of halogens is 4. The van der Waals surface area contributed by atoms with E-state index in [2.05, 4.69) is 21.3 Å². The third-order valence-corrected chi connectivity index (χ3v) is 24.0. The third-order valence-electron chi connectivity index (χ3n) is 23.5. The van der Waals surface area contributed by atoms with Crippen LogP contribution in [0.2, 0.25) is 0 Å². The van der Waals surface area contributed by atoms with Crippen molar-refractivity contribution in [2.45, 2.75) is 279 Å². The number of nitrogens with one attached hydrogen (secondary N) is 4. The minimum absolute atomic E-state index is 0.0126. The van der Waals surface area contributed by atoms with E-state index in [0.717, 1.165) is 29.1 Å². The molecule has 26 nitrogen and oxygen atoms in total. The molecule has 1 spiro atoms. The summed E-state index contributed by atoms with van der Waals surface area (Å²) in [5.41, 5.74) is -1.57. The smallest absolute Gasteiger partial charge is 0.379 e. The molecule has 5 unspecified atom stereocenters. The standard InChI is InChI=1S/C72H114ClF3N12O14/c1-11-14-15-23-52-61(91)79-59(43(4)13-3)63(93)77-44(5)64(94)87-35-31-54(87)67(97)84(9)56(42-101-36-12-2)66(96)81(6)39-57(89)78-51(30-26-45-25-29-49(50(73)37-45)72(74,75)76)65(95)86-34-20-24-53(86)62(92)80-71(32-18-19-33-71)70(100)85(10)60(46-21-16-17-22-46)69(99)83(8)55(38-58(90)82(52)7)68(98)88-47-27-28-48(88)41-102-40-47/h43-56,59-60H,11-42H2,1-10H3,(H,77,93)(H,78,89)(H,79,91)(H,80,92)/t43-,44-,45?,47?,48?,49?,50?,51-,52-,53-,54-,55-,56-,59-,60-/m0/s1. The van der Waals surface area contributed by atoms with Crippen molar-refractivity contribution in [3.63, 3.8) is 0 Å². The van der Waals surface area contributed by atoms with Gasteiger partial charge in [-0.1, -0.05) is 79.1 Å². The number of fused-ring (bicyclic) bond motifs is 4. The summed E-state index contributed by atoms with van der Waals surface area (Å²) in [7, 11) is 7.15. The first-order valence-electron chi connectivity index (χ1n) is 37.7. The van der Waals surface area contributed by atoms with Crippen molar-refractivity contribution in [3.05, 3.63) is 0 Å². The number of carbonyl (C=O) groups is 12. The van der Waals surface area contributed by atoms with Gasteiger partial charge in [-0.25, -0.2) is 0 Å². The highest BCUT2D eigenvalue weighted by atomic mass is 35.5. The van der Waals surface area contributed by atoms with Crippen molar-refractivity contribution in [2.24, 2.45) is 23.7 Å². The van der Waals surface area contributed by atoms with Gasteiger partial charge in [-0.05, 0) is 127 Å². The SMILES string of the molecule is CCCCC[C@H]1C(=O)N[C@@H]([C@@H](C)CC)C(=O)N[C@@H](C)C(=O)N2CC[C@H]2C(=O)N(C)[C@@H](COCCC)C(=O)N(C)CC(=O)N[C@@H](CCC2CCC(C(F)(F)F)C(Cl)C2)C(=O)N2CCC[C@H]2C(=O)NC2(CCCC2)C(=O)N(C)[C@@H](C2CCCC2)C(=O)N(C)[C@H](C(=O)N2C3CCC2COC3)CC(=O)N1C. The predicted molar refractivity (Wildman–Crippen MR) is 371 cm³/mol. The molecule has 0 aromatic carbocycles. The summed E-state index contributed by atoms with van der Waals surface area (Å²) in [6, 6.07) is -11.9. The third kappa shape index (κ3) is 18.8. The molecule has 5 heterocycles. The van der Waals surface area contributed by atoms with Crippen molar-refractivity contribution in [1.82, 2.24) is 60.5 Å². The number of hydrogen-bond acceptors (Lipinski definition) is 14. The number of alkyl halides is 4. The molecule has 5 aliphatic heterocycles. The predicted octanol–water partition coefficient (Wildman–Crippen LogP) is 4.65. The number of unbranched alkanes of at least 4 members (excludes halogenated alkanes) is 2. The molecule has 0 radical (unpaired) electrons. The van der Waals surface area contributed by atoms with Crippen LogP contribution in [-0.2, 0) is 67.0 Å². The van der Waals surface area contributed by atoms with Gasteiger partial charge < -0.3 is 69.9 Å². The minimum atomic E-state index is -4.52. The second-order valence-electron chi connectivity index (χ2n) is 30.4. The maximum absolute atomic E-state index is 15.9. The van der Waals surface area contributed by atoms with E-state index in [9.17, 15) is 41.9 Å². The Morgan fingerprint density at radius 2 is 1.32 bits per heavy atom. The van der Waals surface area contributed by atoms with Crippen LogP contribution in [0, 0.1) is 23.7 Å². The summed E-state index contributed by atoms with van der Waals surface area (Å²) in [5, 5.41) is 10.3. The quantitative estimate of drug-likeness (QED) is 0.128. The van der Waals surface area contributed by atoms with Gasteiger partial charge in [0.15, 0.2) is 0 Å². The summed E-state index contributed by atoms with van der Waals surface area (Å²) in [4.78, 5) is 191. The van der Waals surface area contributed by atoms with Gasteiger partial charge in [0.05, 0.1) is 50.8 Å². The fourth-order valence-electron chi connectivity index (χ4n) is 16.9. The Balaban J connectivity index is 1.16. The molecular formula is C72H114ClF3N12O14. The van der Waals surface area contributed by atoms with E-state index in [1.165, 1.54) is 66.7 Å². The van der Waals surface area contributed by atoms with Gasteiger partial charge in [0.1, 0.15) is 59.9 Å². The Kier molecular flexibility index (Phi) is 28.8. The first-order chi connectivity index (χ1) is 48.4. The number of rotatable bonds is 15. The highest BCUT2D eigenvalue weighted by molar-refractivity contribution is 6.21. The van der Waals surface area contributed by atoms with Crippen LogP contribution in [0.1, 0.15) is 195 Å². The van der Waals surface area contributed by atoms with Crippen molar-refractivity contribution in [3.8, 4) is 0 Å². The van der Waals surface area contributed by atoms with Crippen LogP contribution in [-0.4, -0.2) is 275 Å². The molecule has 8 rings (SSSR count). The fourth-order valence-corrected chi connectivity index (χ4v) is 17.4. The first-order valence-corrected chi connectivity index (χ1v) is 38.2. The van der Waals surface area contributed by atoms with E-state index < -0.39 is 173 Å². The zero-order valence-electron chi connectivity index (χ0n) is 61.7. The average Bonchev–Trinajstić information content (AvgIpc) is 1.21. The van der Waals surface area contributed by atoms with E-state index in [1.54, 1.807) is 11.8 Å². The molecule has 0 aromatic heterocycles. The molecule has 15 atom stereocenters. The van der Waals surface area contributed by atoms with E-state index in [1.807, 2.05) is 20.8 Å². The molecule has 574 valence electrons. The van der Waals surface area contributed by atoms with Crippen LogP contribution >= 0.6 is 11.6 Å². The Morgan fingerprint density at radius 3 is 1.93 bits per heavy atom. The van der Waals surface area contributed by atoms with E-state index in [0.29, 0.717) is 70.6 Å². The van der Waals surface area contributed by atoms with Crippen LogP contribution in [0.4, 0.5) is 13.2 Å². The Hall–Kier alpha value is -6.36. The lowest BCUT2D eigenvalue weighted by atomic mass is 9.78. The lowest BCUT2D eigenvalue weighted by molar-refractivity contribution is -0.182. The highest BCUT2D eigenvalue weighted by Crippen LogP contribution is 2.44. The monoisotopic (exact) mass is 1460 g/mol. The Labute approximate surface area is 604 Å². The van der Waals surface area contributed by atoms with Gasteiger partial charge in [-0.3, -0.25) is 57.5 Å². The van der Waals surface area contributed by atoms with Crippen molar-refractivity contribution in [1.29, 1.82) is 0 Å². The molecule has 0 aromatic rings. The van der Waals surface area contributed by atoms with Crippen LogP contribution in [0.5, 0.6) is 0 Å². The molecule has 8 fully saturated rings. The first kappa shape index (κ1) is 81.3. The lowest BCUT2D eigenvalue weighted by Crippen LogP contribution is -2.65. The number of hydrogen-bond donors (Lipinski definition) is 4. The molecule has 30 heteroatoms. The number of likely N-dealkylation sites (N-methyl/N-ethyl adjacent to an activating group) is 5. The summed E-state index contributed by atoms with van der Waals surface area (Å²) < 4.78 is 53.8. The van der Waals surface area contributed by atoms with Crippen molar-refractivity contribution < 1.29 is 80.2 Å². The number of amides is 12. The zero-order valence-corrected chi connectivity index (χ0v) is 62.4. The van der Waals surface area contributed by atoms with Crippen LogP contribution in [0.15, 0.2) is 0 Å². The molecule has 8 aliphatic rings. The van der Waals surface area contributed by atoms with Gasteiger partial charge in [-0.2, -0.15) is 13.2 Å². The number of ether oxygens (including phenoxy) is 2. The van der Waals surface area contributed by atoms with Gasteiger partial charge >= 0.3 is 6.18 Å². The summed E-state index contributed by atoms with van der Waals surface area (Å²) in [6.07, 6.45) is 3.86. The highest BCUT2D eigenvalue weighted by Gasteiger charge is 2.54. The maximum atomic E-state index is 15.9. The second-order valence-corrected chi connectivity index (χ2v) is 31.0. The molecule has 3 saturated carbocycles. The summed E-state index contributed by atoms with van der Waals surface area (Å²) in [6.45, 7) is 8.78. The minimum Gasteiger partial charge on any atom is -0.379 e. The number of nitrogens with zero attached hydrogens (tertiary/aromatic N) is 8. The molecule has 4 N–H and O–H groups in total. The zero-order chi connectivity index (χ0) is 74.7. The summed E-state index contributed by atoms with van der Waals surface area (Å²) in [5.74, 6) is -10.8. The van der Waals surface area contributed by atoms with Gasteiger partial charge in [0.25, 0.3) is 0 Å². The molecule has 2 bridgehead atoms. The molecule has 102 heavy (non-hydrogen) atoms. The lowest BCUT2D eigenvalue weighted by Gasteiger charge is -2.44. The molecule has 3 aliphatic carbocycles. The second kappa shape index (κ2) is 36.1. The largest absolute Gasteiger partial charge is 0.393 e. The van der Waals surface area contributed by atoms with Crippen molar-refractivity contribution in [2.75, 3.05) is 81.3 Å².